The van der Waals surface area contributed by atoms with E-state index < -0.39 is 18.0 Å². The minimum absolute atomic E-state index is 0.0875. The maximum absolute atomic E-state index is 12.4. The highest BCUT2D eigenvalue weighted by molar-refractivity contribution is 6.05. The Morgan fingerprint density at radius 3 is 2.56 bits per heavy atom. The lowest BCUT2D eigenvalue weighted by Crippen LogP contribution is -2.19. The number of anilines is 1. The van der Waals surface area contributed by atoms with E-state index in [0.717, 1.165) is 6.07 Å². The number of methoxy groups -OCH3 is 1. The van der Waals surface area contributed by atoms with Crippen LogP contribution < -0.4 is 14.8 Å². The highest BCUT2D eigenvalue weighted by atomic mass is 19.4. The normalized spacial score (nSPS) is 11.0. The summed E-state index contributed by atoms with van der Waals surface area (Å²) >= 11 is 0. The summed E-state index contributed by atoms with van der Waals surface area (Å²) in [6, 6.07) is 11.6. The largest absolute Gasteiger partial charge is 0.573 e. The van der Waals surface area contributed by atoms with Crippen LogP contribution >= 0.6 is 0 Å². The van der Waals surface area contributed by atoms with Crippen molar-refractivity contribution in [1.82, 2.24) is 0 Å². The number of hydrogen-bond acceptors (Lipinski definition) is 4. The zero-order valence-electron chi connectivity index (χ0n) is 13.3. The number of ether oxygens (including phenoxy) is 3. The van der Waals surface area contributed by atoms with Gasteiger partial charge in [-0.15, -0.1) is 13.2 Å². The summed E-state index contributed by atoms with van der Waals surface area (Å²) in [6.45, 7) is 0.697. The van der Waals surface area contributed by atoms with E-state index in [9.17, 15) is 18.0 Å². The molecule has 5 nitrogen and oxygen atoms in total. The van der Waals surface area contributed by atoms with Crippen LogP contribution in [-0.4, -0.2) is 32.6 Å². The van der Waals surface area contributed by atoms with Crippen LogP contribution in [0.25, 0.3) is 0 Å². The number of rotatable bonds is 7. The first-order valence-electron chi connectivity index (χ1n) is 7.27. The molecule has 0 saturated carbocycles. The summed E-state index contributed by atoms with van der Waals surface area (Å²) in [5.41, 5.74) is 0.146. The summed E-state index contributed by atoms with van der Waals surface area (Å²) in [5.74, 6) is -0.629. The highest BCUT2D eigenvalue weighted by Gasteiger charge is 2.32. The number of benzene rings is 2. The summed E-state index contributed by atoms with van der Waals surface area (Å²) in [6.07, 6.45) is -4.85. The Kier molecular flexibility index (Phi) is 6.24. The molecule has 8 heteroatoms. The van der Waals surface area contributed by atoms with Crippen molar-refractivity contribution in [3.05, 3.63) is 54.1 Å². The molecule has 0 fully saturated rings. The zero-order valence-corrected chi connectivity index (χ0v) is 13.3. The Balaban J connectivity index is 2.11. The minimum Gasteiger partial charge on any atom is -0.491 e. The molecule has 25 heavy (non-hydrogen) atoms. The van der Waals surface area contributed by atoms with Gasteiger partial charge in [0.2, 0.25) is 0 Å². The van der Waals surface area contributed by atoms with Crippen molar-refractivity contribution < 1.29 is 32.2 Å². The second-order valence-corrected chi connectivity index (χ2v) is 4.87. The van der Waals surface area contributed by atoms with Crippen LogP contribution in [-0.2, 0) is 4.74 Å². The standard InChI is InChI=1S/C17H16F3NO4/c1-23-9-10-24-13-6-4-5-12(11-13)16(22)21-14-7-2-3-8-15(14)25-17(18,19)20/h2-8,11H,9-10H2,1H3,(H,21,22). The summed E-state index contributed by atoms with van der Waals surface area (Å²) in [7, 11) is 1.54. The van der Waals surface area contributed by atoms with Gasteiger partial charge in [-0.3, -0.25) is 4.79 Å². The number of alkyl halides is 3. The maximum Gasteiger partial charge on any atom is 0.573 e. The molecule has 0 aliphatic heterocycles. The van der Waals surface area contributed by atoms with Crippen LogP contribution in [0.4, 0.5) is 18.9 Å². The molecule has 2 aromatic rings. The summed E-state index contributed by atoms with van der Waals surface area (Å²) < 4.78 is 51.4. The molecule has 0 unspecified atom stereocenters. The Morgan fingerprint density at radius 1 is 1.08 bits per heavy atom. The molecule has 0 spiro atoms. The fraction of sp³-hybridized carbons (Fsp3) is 0.235. The number of halogens is 3. The first-order chi connectivity index (χ1) is 11.9. The fourth-order valence-electron chi connectivity index (χ4n) is 1.95. The van der Waals surface area contributed by atoms with Gasteiger partial charge in [0.1, 0.15) is 12.4 Å². The van der Waals surface area contributed by atoms with E-state index in [4.69, 9.17) is 9.47 Å². The number of amides is 1. The van der Waals surface area contributed by atoms with Gasteiger partial charge < -0.3 is 19.5 Å². The quantitative estimate of drug-likeness (QED) is 0.766. The molecular weight excluding hydrogens is 339 g/mol. The van der Waals surface area contributed by atoms with Crippen LogP contribution in [0.1, 0.15) is 10.4 Å². The third kappa shape index (κ3) is 6.00. The average molecular weight is 355 g/mol. The first-order valence-corrected chi connectivity index (χ1v) is 7.27. The number of carbonyl (C=O) groups excluding carboxylic acids is 1. The third-order valence-corrected chi connectivity index (χ3v) is 3.01. The van der Waals surface area contributed by atoms with E-state index in [0.29, 0.717) is 19.0 Å². The third-order valence-electron chi connectivity index (χ3n) is 3.01. The molecule has 134 valence electrons. The van der Waals surface area contributed by atoms with Gasteiger partial charge >= 0.3 is 6.36 Å². The molecule has 2 rings (SSSR count). The number of para-hydroxylation sites is 2. The van der Waals surface area contributed by atoms with Crippen molar-refractivity contribution in [3.63, 3.8) is 0 Å². The molecule has 0 aromatic heterocycles. The lowest BCUT2D eigenvalue weighted by atomic mass is 10.2. The van der Waals surface area contributed by atoms with E-state index >= 15 is 0 Å². The molecular formula is C17H16F3NO4. The first kappa shape index (κ1) is 18.6. The van der Waals surface area contributed by atoms with Gasteiger partial charge in [-0.05, 0) is 30.3 Å². The molecule has 0 heterocycles. The van der Waals surface area contributed by atoms with Crippen molar-refractivity contribution in [2.75, 3.05) is 25.6 Å². The van der Waals surface area contributed by atoms with Crippen molar-refractivity contribution in [2.24, 2.45) is 0 Å². The Labute approximate surface area is 142 Å². The van der Waals surface area contributed by atoms with E-state index in [1.807, 2.05) is 0 Å². The molecule has 1 N–H and O–H groups in total. The molecule has 0 aliphatic carbocycles. The fourth-order valence-corrected chi connectivity index (χ4v) is 1.95. The second-order valence-electron chi connectivity index (χ2n) is 4.87. The van der Waals surface area contributed by atoms with Crippen LogP contribution in [0.2, 0.25) is 0 Å². The molecule has 0 saturated heterocycles. The molecule has 0 radical (unpaired) electrons. The van der Waals surface area contributed by atoms with Gasteiger partial charge in [0.05, 0.1) is 12.3 Å². The van der Waals surface area contributed by atoms with Gasteiger partial charge in [-0.2, -0.15) is 0 Å². The average Bonchev–Trinajstić information content (AvgIpc) is 2.56. The van der Waals surface area contributed by atoms with E-state index in [1.54, 1.807) is 12.1 Å². The molecule has 0 aliphatic rings. The number of carbonyl (C=O) groups is 1. The maximum atomic E-state index is 12.4. The number of nitrogens with one attached hydrogen (secondary N) is 1. The van der Waals surface area contributed by atoms with E-state index in [-0.39, 0.29) is 11.3 Å². The van der Waals surface area contributed by atoms with Crippen LogP contribution in [0.3, 0.4) is 0 Å². The predicted molar refractivity (Wildman–Crippen MR) is 84.9 cm³/mol. The lowest BCUT2D eigenvalue weighted by molar-refractivity contribution is -0.274. The molecule has 2 aromatic carbocycles. The Hall–Kier alpha value is -2.74. The Bertz CT molecular complexity index is 719. The Morgan fingerprint density at radius 2 is 1.84 bits per heavy atom. The van der Waals surface area contributed by atoms with E-state index in [1.165, 1.54) is 37.4 Å². The molecule has 0 atom stereocenters. The van der Waals surface area contributed by atoms with Crippen molar-refractivity contribution in [3.8, 4) is 11.5 Å². The highest BCUT2D eigenvalue weighted by Crippen LogP contribution is 2.30. The molecule has 0 bridgehead atoms. The van der Waals surface area contributed by atoms with Gasteiger partial charge in [0, 0.05) is 12.7 Å². The van der Waals surface area contributed by atoms with Gasteiger partial charge in [-0.25, -0.2) is 0 Å². The van der Waals surface area contributed by atoms with Crippen LogP contribution in [0, 0.1) is 0 Å². The van der Waals surface area contributed by atoms with Crippen LogP contribution in [0.15, 0.2) is 48.5 Å². The SMILES string of the molecule is COCCOc1cccc(C(=O)Nc2ccccc2OC(F)(F)F)c1. The van der Waals surface area contributed by atoms with Crippen molar-refractivity contribution in [1.29, 1.82) is 0 Å². The van der Waals surface area contributed by atoms with E-state index in [2.05, 4.69) is 10.1 Å². The predicted octanol–water partition coefficient (Wildman–Crippen LogP) is 3.86. The minimum atomic E-state index is -4.85. The smallest absolute Gasteiger partial charge is 0.491 e. The van der Waals surface area contributed by atoms with Crippen molar-refractivity contribution in [2.45, 2.75) is 6.36 Å². The van der Waals surface area contributed by atoms with Crippen molar-refractivity contribution >= 4 is 11.6 Å². The topological polar surface area (TPSA) is 56.8 Å². The monoisotopic (exact) mass is 355 g/mol. The summed E-state index contributed by atoms with van der Waals surface area (Å²) in [4.78, 5) is 12.3. The van der Waals surface area contributed by atoms with Crippen LogP contribution in [0.5, 0.6) is 11.5 Å². The van der Waals surface area contributed by atoms with Gasteiger partial charge in [0.15, 0.2) is 5.75 Å². The lowest BCUT2D eigenvalue weighted by Gasteiger charge is -2.14. The van der Waals surface area contributed by atoms with Gasteiger partial charge in [-0.1, -0.05) is 18.2 Å². The number of hydrogen-bond donors (Lipinski definition) is 1. The summed E-state index contributed by atoms with van der Waals surface area (Å²) in [5, 5.41) is 2.40. The van der Waals surface area contributed by atoms with Gasteiger partial charge in [0.25, 0.3) is 5.91 Å². The zero-order chi connectivity index (χ0) is 18.3. The molecule has 1 amide bonds. The second kappa shape index (κ2) is 8.39.